The van der Waals surface area contributed by atoms with Crippen LogP contribution in [-0.4, -0.2) is 65.4 Å². The highest BCUT2D eigenvalue weighted by molar-refractivity contribution is 8.04. The third-order valence-corrected chi connectivity index (χ3v) is 7.76. The molecular formula is C22H22N6O6S3. The lowest BCUT2D eigenvalue weighted by molar-refractivity contribution is -0.121. The van der Waals surface area contributed by atoms with Crippen molar-refractivity contribution in [3.8, 4) is 23.0 Å². The molecule has 0 fully saturated rings. The summed E-state index contributed by atoms with van der Waals surface area (Å²) in [5.41, 5.74) is 5.41. The molecule has 0 saturated carbocycles. The van der Waals surface area contributed by atoms with Gasteiger partial charge in [0.25, 0.3) is 11.8 Å². The number of carbonyl (C=O) groups is 2. The number of hydrogen-bond acceptors (Lipinski definition) is 13. The number of phenolic OH excluding ortho intramolecular Hbond substituents is 4. The lowest BCUT2D eigenvalue weighted by Crippen LogP contribution is -2.26. The highest BCUT2D eigenvalue weighted by Gasteiger charge is 2.20. The van der Waals surface area contributed by atoms with Crippen LogP contribution in [0.1, 0.15) is 25.0 Å². The number of rotatable bonds is 10. The van der Waals surface area contributed by atoms with E-state index < -0.39 is 22.3 Å². The first-order valence-electron chi connectivity index (χ1n) is 10.5. The molecule has 2 atom stereocenters. The minimum Gasteiger partial charge on any atom is -0.508 e. The first-order valence-corrected chi connectivity index (χ1v) is 13.1. The molecule has 0 unspecified atom stereocenters. The number of phenols is 4. The Morgan fingerprint density at radius 3 is 1.59 bits per heavy atom. The molecule has 0 aliphatic carbocycles. The summed E-state index contributed by atoms with van der Waals surface area (Å²) in [6, 6.07) is 7.99. The normalized spacial score (nSPS) is 13.0. The van der Waals surface area contributed by atoms with Gasteiger partial charge in [0, 0.05) is 23.3 Å². The second kappa shape index (κ2) is 12.9. The van der Waals surface area contributed by atoms with Gasteiger partial charge in [-0.15, -0.1) is 10.2 Å². The molecule has 2 amide bonds. The monoisotopic (exact) mass is 562 g/mol. The number of carbonyl (C=O) groups excluding carboxylic acids is 2. The second-order valence-corrected chi connectivity index (χ2v) is 11.5. The summed E-state index contributed by atoms with van der Waals surface area (Å²) < 4.78 is 1.05. The van der Waals surface area contributed by atoms with Gasteiger partial charge < -0.3 is 20.4 Å². The molecule has 15 heteroatoms. The number of benzene rings is 2. The topological polar surface area (TPSA) is 190 Å². The first-order chi connectivity index (χ1) is 17.6. The number of nitrogens with one attached hydrogen (secondary N) is 2. The molecule has 194 valence electrons. The molecule has 0 radical (unpaired) electrons. The third kappa shape index (κ3) is 8.37. The molecule has 3 aromatic rings. The van der Waals surface area contributed by atoms with E-state index in [9.17, 15) is 30.0 Å². The summed E-state index contributed by atoms with van der Waals surface area (Å²) >= 11 is 3.57. The summed E-state index contributed by atoms with van der Waals surface area (Å²) in [4.78, 5) is 24.6. The smallest absolute Gasteiger partial charge is 0.253 e. The van der Waals surface area contributed by atoms with Gasteiger partial charge in [0.1, 0.15) is 23.0 Å². The van der Waals surface area contributed by atoms with E-state index in [0.29, 0.717) is 19.8 Å². The Hall–Kier alpha value is -3.82. The van der Waals surface area contributed by atoms with E-state index in [1.54, 1.807) is 13.8 Å². The van der Waals surface area contributed by atoms with Crippen molar-refractivity contribution >= 4 is 59.1 Å². The molecule has 0 saturated heterocycles. The minimum absolute atomic E-state index is 0.0893. The first kappa shape index (κ1) is 27.8. The van der Waals surface area contributed by atoms with Crippen LogP contribution in [0, 0.1) is 0 Å². The quantitative estimate of drug-likeness (QED) is 0.122. The predicted molar refractivity (Wildman–Crippen MR) is 142 cm³/mol. The molecule has 2 aromatic carbocycles. The highest BCUT2D eigenvalue weighted by atomic mass is 32.2. The van der Waals surface area contributed by atoms with Crippen molar-refractivity contribution in [1.82, 2.24) is 21.0 Å². The molecule has 0 spiro atoms. The van der Waals surface area contributed by atoms with E-state index in [2.05, 4.69) is 31.3 Å². The molecule has 1 heterocycles. The number of hydrazone groups is 2. The minimum atomic E-state index is -0.553. The van der Waals surface area contributed by atoms with Gasteiger partial charge in [0.05, 0.1) is 22.9 Å². The number of aromatic hydroxyl groups is 4. The SMILES string of the molecule is C[C@@H](Sc1nnc(S[C@H](C)C(=O)N/N=C\c2ccc(O)cc2O)s1)C(=O)N/N=C\c1ccc(O)cc1O. The number of aromatic nitrogens is 2. The zero-order valence-electron chi connectivity index (χ0n) is 19.4. The molecule has 1 aromatic heterocycles. The van der Waals surface area contributed by atoms with Crippen molar-refractivity contribution in [2.45, 2.75) is 33.0 Å². The Balaban J connectivity index is 1.46. The number of thioether (sulfide) groups is 2. The van der Waals surface area contributed by atoms with Crippen molar-refractivity contribution in [1.29, 1.82) is 0 Å². The van der Waals surface area contributed by atoms with Crippen molar-refractivity contribution < 1.29 is 30.0 Å². The van der Waals surface area contributed by atoms with E-state index in [4.69, 9.17) is 0 Å². The number of nitrogens with zero attached hydrogens (tertiary/aromatic N) is 4. The zero-order chi connectivity index (χ0) is 26.9. The van der Waals surface area contributed by atoms with Gasteiger partial charge in [0.2, 0.25) is 0 Å². The van der Waals surface area contributed by atoms with Crippen LogP contribution in [0.2, 0.25) is 0 Å². The van der Waals surface area contributed by atoms with E-state index in [1.807, 2.05) is 0 Å². The standard InChI is InChI=1S/C22H22N6O6S3/c1-11(19(33)25-23-9-13-3-5-15(29)7-17(13)31)35-21-27-28-22(37-21)36-12(2)20(34)26-24-10-14-4-6-16(30)8-18(14)32/h3-12,29-32H,1-2H3,(H,25,33)(H,26,34)/b23-9-,24-10-/t11-,12-/m1/s1. The Labute approximate surface area is 223 Å². The fraction of sp³-hybridized carbons (Fsp3) is 0.182. The molecule has 37 heavy (non-hydrogen) atoms. The summed E-state index contributed by atoms with van der Waals surface area (Å²) in [5, 5.41) is 52.7. The van der Waals surface area contributed by atoms with E-state index in [-0.39, 0.29) is 23.0 Å². The average molecular weight is 563 g/mol. The Bertz CT molecular complexity index is 1230. The number of amides is 2. The Kier molecular flexibility index (Phi) is 9.71. The largest absolute Gasteiger partial charge is 0.508 e. The van der Waals surface area contributed by atoms with Crippen LogP contribution in [0.5, 0.6) is 23.0 Å². The van der Waals surface area contributed by atoms with Gasteiger partial charge in [-0.3, -0.25) is 9.59 Å². The lowest BCUT2D eigenvalue weighted by atomic mass is 10.2. The molecule has 0 aliphatic heterocycles. The predicted octanol–water partition coefficient (Wildman–Crippen LogP) is 2.62. The van der Waals surface area contributed by atoms with Gasteiger partial charge in [-0.05, 0) is 38.1 Å². The Morgan fingerprint density at radius 1 is 0.811 bits per heavy atom. The summed E-state index contributed by atoms with van der Waals surface area (Å²) in [7, 11) is 0. The van der Waals surface area contributed by atoms with Crippen LogP contribution in [0.25, 0.3) is 0 Å². The Morgan fingerprint density at radius 2 is 1.22 bits per heavy atom. The fourth-order valence-electron chi connectivity index (χ4n) is 2.50. The van der Waals surface area contributed by atoms with Gasteiger partial charge in [-0.1, -0.05) is 34.9 Å². The molecule has 6 N–H and O–H groups in total. The third-order valence-electron chi connectivity index (χ3n) is 4.47. The van der Waals surface area contributed by atoms with Crippen molar-refractivity contribution in [2.24, 2.45) is 10.2 Å². The maximum absolute atomic E-state index is 12.3. The zero-order valence-corrected chi connectivity index (χ0v) is 21.8. The summed E-state index contributed by atoms with van der Waals surface area (Å²) in [6.45, 7) is 3.34. The number of hydrogen-bond donors (Lipinski definition) is 6. The van der Waals surface area contributed by atoms with E-state index in [1.165, 1.54) is 71.6 Å². The average Bonchev–Trinajstić information content (AvgIpc) is 3.28. The van der Waals surface area contributed by atoms with Crippen molar-refractivity contribution in [3.05, 3.63) is 47.5 Å². The van der Waals surface area contributed by atoms with Crippen LogP contribution in [0.15, 0.2) is 55.3 Å². The van der Waals surface area contributed by atoms with Gasteiger partial charge in [0.15, 0.2) is 8.68 Å². The van der Waals surface area contributed by atoms with Crippen LogP contribution < -0.4 is 10.9 Å². The van der Waals surface area contributed by atoms with Crippen molar-refractivity contribution in [2.75, 3.05) is 0 Å². The van der Waals surface area contributed by atoms with Crippen LogP contribution >= 0.6 is 34.9 Å². The molecular weight excluding hydrogens is 540 g/mol. The summed E-state index contributed by atoms with van der Waals surface area (Å²) in [5.74, 6) is -1.32. The molecule has 3 rings (SSSR count). The van der Waals surface area contributed by atoms with E-state index >= 15 is 0 Å². The molecule has 0 aliphatic rings. The van der Waals surface area contributed by atoms with Crippen molar-refractivity contribution in [3.63, 3.8) is 0 Å². The second-order valence-electron chi connectivity index (χ2n) is 7.31. The van der Waals surface area contributed by atoms with Gasteiger partial charge in [-0.25, -0.2) is 10.9 Å². The van der Waals surface area contributed by atoms with E-state index in [0.717, 1.165) is 12.1 Å². The lowest BCUT2D eigenvalue weighted by Gasteiger charge is -2.07. The maximum Gasteiger partial charge on any atom is 0.253 e. The molecule has 0 bridgehead atoms. The van der Waals surface area contributed by atoms with Gasteiger partial charge >= 0.3 is 0 Å². The van der Waals surface area contributed by atoms with Crippen LogP contribution in [0.3, 0.4) is 0 Å². The maximum atomic E-state index is 12.3. The van der Waals surface area contributed by atoms with Crippen LogP contribution in [0.4, 0.5) is 0 Å². The van der Waals surface area contributed by atoms with Crippen LogP contribution in [-0.2, 0) is 9.59 Å². The fourth-order valence-corrected chi connectivity index (χ4v) is 5.79. The highest BCUT2D eigenvalue weighted by Crippen LogP contribution is 2.33. The summed E-state index contributed by atoms with van der Waals surface area (Å²) in [6.07, 6.45) is 2.52. The van der Waals surface area contributed by atoms with Gasteiger partial charge in [-0.2, -0.15) is 10.2 Å². The molecule has 12 nitrogen and oxygen atoms in total.